The summed E-state index contributed by atoms with van der Waals surface area (Å²) in [7, 11) is -4.68. The Morgan fingerprint density at radius 3 is 2.33 bits per heavy atom. The average molecular weight is 450 g/mol. The third kappa shape index (κ3) is 5.10. The number of halogens is 2. The van der Waals surface area contributed by atoms with Gasteiger partial charge >= 0.3 is 13.3 Å². The Morgan fingerprint density at radius 2 is 1.73 bits per heavy atom. The van der Waals surface area contributed by atoms with Crippen LogP contribution in [0.1, 0.15) is 39.7 Å². The van der Waals surface area contributed by atoms with Crippen LogP contribution < -0.4 is 0 Å². The van der Waals surface area contributed by atoms with E-state index in [-0.39, 0.29) is 19.8 Å². The fraction of sp³-hybridized carbons (Fsp3) is 0.700. The van der Waals surface area contributed by atoms with Gasteiger partial charge in [-0.25, -0.2) is 0 Å². The molecule has 1 aromatic rings. The smallest absolute Gasteiger partial charge is 0.368 e. The van der Waals surface area contributed by atoms with E-state index in [2.05, 4.69) is 0 Å². The lowest BCUT2D eigenvalue weighted by Gasteiger charge is -2.31. The van der Waals surface area contributed by atoms with Crippen LogP contribution >= 0.6 is 7.60 Å². The molecule has 0 saturated carbocycles. The lowest BCUT2D eigenvalue weighted by atomic mass is 10.1. The van der Waals surface area contributed by atoms with E-state index in [9.17, 15) is 4.57 Å². The summed E-state index contributed by atoms with van der Waals surface area (Å²) in [5, 5.41) is 0. The van der Waals surface area contributed by atoms with Crippen molar-refractivity contribution in [2.75, 3.05) is 13.2 Å². The minimum Gasteiger partial charge on any atom is -0.368 e. The van der Waals surface area contributed by atoms with Crippen LogP contribution in [0.25, 0.3) is 0 Å². The molecule has 2 saturated heterocycles. The van der Waals surface area contributed by atoms with Crippen molar-refractivity contribution in [2.24, 2.45) is 0 Å². The predicted octanol–water partition coefficient (Wildman–Crippen LogP) is 4.70. The van der Waals surface area contributed by atoms with Crippen LogP contribution in [0.3, 0.4) is 0 Å². The molecular formula is C20H29F2O7P. The van der Waals surface area contributed by atoms with Gasteiger partial charge in [-0.05, 0) is 33.3 Å². The molecule has 0 aromatic heterocycles. The highest BCUT2D eigenvalue weighted by molar-refractivity contribution is 7.55. The molecule has 2 fully saturated rings. The van der Waals surface area contributed by atoms with E-state index in [0.717, 1.165) is 5.56 Å². The molecule has 4 atom stereocenters. The number of ether oxygens (including phenoxy) is 4. The maximum atomic E-state index is 15.0. The van der Waals surface area contributed by atoms with Crippen LogP contribution in [0.5, 0.6) is 0 Å². The lowest BCUT2D eigenvalue weighted by molar-refractivity contribution is -0.224. The maximum Gasteiger partial charge on any atom is 0.399 e. The zero-order chi connectivity index (χ0) is 22.0. The molecule has 30 heavy (non-hydrogen) atoms. The molecule has 3 rings (SSSR count). The molecule has 170 valence electrons. The number of hydrogen-bond donors (Lipinski definition) is 0. The number of fused-ring (bicyclic) bond motifs is 1. The standard InChI is InChI=1S/C20H29F2O7P/c1-5-25-30(23,26-6-2)20(21,22)12-15-16(24-13-14-10-8-7-9-11-14)17-18(27-15)29-19(3,4)28-17/h7-11,15-18H,5-6,12-13H2,1-4H3/t15-,16-,17+,18+/m1/s1. The van der Waals surface area contributed by atoms with Gasteiger partial charge in [-0.2, -0.15) is 8.78 Å². The highest BCUT2D eigenvalue weighted by Gasteiger charge is 2.61. The van der Waals surface area contributed by atoms with Crippen LogP contribution in [-0.4, -0.2) is 49.3 Å². The summed E-state index contributed by atoms with van der Waals surface area (Å²) in [5.41, 5.74) is -2.90. The van der Waals surface area contributed by atoms with E-state index >= 15 is 8.78 Å². The zero-order valence-corrected chi connectivity index (χ0v) is 18.5. The van der Waals surface area contributed by atoms with Crippen LogP contribution in [0.4, 0.5) is 8.78 Å². The molecule has 1 aromatic carbocycles. The fourth-order valence-corrected chi connectivity index (χ4v) is 5.13. The van der Waals surface area contributed by atoms with E-state index in [0.29, 0.717) is 0 Å². The Kier molecular flexibility index (Phi) is 7.34. The van der Waals surface area contributed by atoms with Gasteiger partial charge in [-0.15, -0.1) is 0 Å². The molecule has 0 N–H and O–H groups in total. The van der Waals surface area contributed by atoms with Crippen molar-refractivity contribution in [1.29, 1.82) is 0 Å². The first-order valence-corrected chi connectivity index (χ1v) is 11.6. The number of rotatable bonds is 10. The van der Waals surface area contributed by atoms with Gasteiger partial charge in [0.1, 0.15) is 12.2 Å². The minimum absolute atomic E-state index is 0.169. The van der Waals surface area contributed by atoms with Crippen molar-refractivity contribution < 1.29 is 41.3 Å². The highest BCUT2D eigenvalue weighted by atomic mass is 31.2. The van der Waals surface area contributed by atoms with Crippen LogP contribution in [0.2, 0.25) is 0 Å². The van der Waals surface area contributed by atoms with Gasteiger partial charge in [0.15, 0.2) is 12.1 Å². The van der Waals surface area contributed by atoms with Gasteiger partial charge in [-0.1, -0.05) is 30.3 Å². The van der Waals surface area contributed by atoms with Gasteiger partial charge in [0.25, 0.3) is 0 Å². The molecule has 10 heteroatoms. The van der Waals surface area contributed by atoms with E-state index in [1.807, 2.05) is 30.3 Å². The maximum absolute atomic E-state index is 15.0. The highest BCUT2D eigenvalue weighted by Crippen LogP contribution is 2.64. The molecule has 7 nitrogen and oxygen atoms in total. The predicted molar refractivity (Wildman–Crippen MR) is 104 cm³/mol. The molecule has 0 spiro atoms. The first-order chi connectivity index (χ1) is 14.1. The number of hydrogen-bond acceptors (Lipinski definition) is 7. The van der Waals surface area contributed by atoms with Crippen molar-refractivity contribution in [2.45, 2.75) is 76.8 Å². The van der Waals surface area contributed by atoms with E-state index in [4.69, 9.17) is 28.0 Å². The summed E-state index contributed by atoms with van der Waals surface area (Å²) in [6.07, 6.45) is -4.43. The molecule has 0 radical (unpaired) electrons. The Balaban J connectivity index is 1.78. The van der Waals surface area contributed by atoms with Crippen molar-refractivity contribution in [3.8, 4) is 0 Å². The Hall–Kier alpha value is -0.930. The normalized spacial score (nSPS) is 28.6. The zero-order valence-electron chi connectivity index (χ0n) is 17.6. The Bertz CT molecular complexity index is 736. The third-order valence-electron chi connectivity index (χ3n) is 4.82. The number of alkyl halides is 2. The van der Waals surface area contributed by atoms with E-state index in [1.165, 1.54) is 13.8 Å². The van der Waals surface area contributed by atoms with Crippen molar-refractivity contribution in [3.05, 3.63) is 35.9 Å². The topological polar surface area (TPSA) is 72.5 Å². The molecule has 0 unspecified atom stereocenters. The van der Waals surface area contributed by atoms with E-state index in [1.54, 1.807) is 13.8 Å². The van der Waals surface area contributed by atoms with Gasteiger partial charge < -0.3 is 28.0 Å². The number of benzene rings is 1. The molecule has 0 amide bonds. The quantitative estimate of drug-likeness (QED) is 0.479. The summed E-state index contributed by atoms with van der Waals surface area (Å²) in [5.74, 6) is -0.927. The third-order valence-corrected chi connectivity index (χ3v) is 7.00. The second-order valence-corrected chi connectivity index (χ2v) is 9.77. The van der Waals surface area contributed by atoms with Gasteiger partial charge in [0.05, 0.1) is 32.3 Å². The second-order valence-electron chi connectivity index (χ2n) is 7.61. The SMILES string of the molecule is CCOP(=O)(OCC)C(F)(F)C[C@H]1O[C@H]2OC(C)(C)O[C@H]2[C@@H]1OCc1ccccc1. The minimum atomic E-state index is -4.68. The molecule has 2 aliphatic rings. The fourth-order valence-electron chi connectivity index (χ4n) is 3.60. The van der Waals surface area contributed by atoms with Crippen LogP contribution in [0.15, 0.2) is 30.3 Å². The molecule has 0 bridgehead atoms. The summed E-state index contributed by atoms with van der Waals surface area (Å²) < 4.78 is 75.7. The van der Waals surface area contributed by atoms with E-state index < -0.39 is 50.1 Å². The van der Waals surface area contributed by atoms with Gasteiger partial charge in [0, 0.05) is 0 Å². The molecular weight excluding hydrogens is 421 g/mol. The monoisotopic (exact) mass is 450 g/mol. The summed E-state index contributed by atoms with van der Waals surface area (Å²) in [6.45, 7) is 6.23. The first kappa shape index (κ1) is 23.7. The summed E-state index contributed by atoms with van der Waals surface area (Å²) in [6, 6.07) is 9.32. The summed E-state index contributed by atoms with van der Waals surface area (Å²) in [4.78, 5) is 0. The largest absolute Gasteiger partial charge is 0.399 e. The van der Waals surface area contributed by atoms with Gasteiger partial charge in [-0.3, -0.25) is 4.57 Å². The Labute approximate surface area is 175 Å². The van der Waals surface area contributed by atoms with Crippen LogP contribution in [-0.2, 0) is 39.2 Å². The molecule has 2 heterocycles. The molecule has 0 aliphatic carbocycles. The first-order valence-electron chi connectivity index (χ1n) is 10.0. The summed E-state index contributed by atoms with van der Waals surface area (Å²) >= 11 is 0. The van der Waals surface area contributed by atoms with Crippen molar-refractivity contribution in [3.63, 3.8) is 0 Å². The second kappa shape index (κ2) is 9.28. The van der Waals surface area contributed by atoms with Crippen molar-refractivity contribution >= 4 is 7.60 Å². The van der Waals surface area contributed by atoms with Crippen molar-refractivity contribution in [1.82, 2.24) is 0 Å². The van der Waals surface area contributed by atoms with Crippen LogP contribution in [0, 0.1) is 0 Å². The lowest BCUT2D eigenvalue weighted by Crippen LogP contribution is -2.39. The Morgan fingerprint density at radius 1 is 1.10 bits per heavy atom. The average Bonchev–Trinajstić information content (AvgIpc) is 3.11. The molecule has 2 aliphatic heterocycles. The van der Waals surface area contributed by atoms with Gasteiger partial charge in [0.2, 0.25) is 0 Å².